The van der Waals surface area contributed by atoms with Gasteiger partial charge in [-0.05, 0) is 75.3 Å². The largest absolute Gasteiger partial charge is 2.00 e. The van der Waals surface area contributed by atoms with Crippen molar-refractivity contribution in [1.29, 1.82) is 0 Å². The molecular formula is C50H82BaO8. The third-order valence-electron chi connectivity index (χ3n) is 11.1. The van der Waals surface area contributed by atoms with Crippen molar-refractivity contribution in [1.82, 2.24) is 0 Å². The maximum absolute atomic E-state index is 10.3. The van der Waals surface area contributed by atoms with Crippen LogP contribution in [0.15, 0.2) is 60.7 Å². The molecule has 0 spiro atoms. The first-order chi connectivity index (χ1) is 28.2. The summed E-state index contributed by atoms with van der Waals surface area (Å²) in [6.07, 6.45) is 28.2. The predicted octanol–water partition coefficient (Wildman–Crippen LogP) is 9.95. The van der Waals surface area contributed by atoms with Gasteiger partial charge in [-0.2, -0.15) is 0 Å². The van der Waals surface area contributed by atoms with Crippen molar-refractivity contribution in [2.24, 2.45) is 0 Å². The minimum Gasteiger partial charge on any atom is -0.550 e. The number of carboxylic acids is 2. The van der Waals surface area contributed by atoms with Gasteiger partial charge < -0.3 is 39.5 Å². The number of rotatable bonds is 38. The first-order valence-corrected chi connectivity index (χ1v) is 23.3. The number of hydrogen-bond acceptors (Lipinski definition) is 8. The van der Waals surface area contributed by atoms with E-state index in [0.717, 1.165) is 51.4 Å². The van der Waals surface area contributed by atoms with Crippen LogP contribution in [0.3, 0.4) is 0 Å². The second kappa shape index (κ2) is 42.1. The van der Waals surface area contributed by atoms with Crippen molar-refractivity contribution in [3.05, 3.63) is 71.8 Å². The summed E-state index contributed by atoms with van der Waals surface area (Å²) in [5.41, 5.74) is 2.50. The van der Waals surface area contributed by atoms with Crippen LogP contribution >= 0.6 is 0 Å². The number of carboxylic acid groups (broad SMARTS) is 2. The van der Waals surface area contributed by atoms with Crippen molar-refractivity contribution < 1.29 is 39.5 Å². The summed E-state index contributed by atoms with van der Waals surface area (Å²) in [5, 5.41) is 40.0. The van der Waals surface area contributed by atoms with Crippen LogP contribution in [-0.4, -0.2) is 95.4 Å². The van der Waals surface area contributed by atoms with Crippen LogP contribution in [0, 0.1) is 0 Å². The third-order valence-corrected chi connectivity index (χ3v) is 11.1. The molecule has 0 fully saturated rings. The zero-order chi connectivity index (χ0) is 42.3. The summed E-state index contributed by atoms with van der Waals surface area (Å²) in [5.74, 6) is -2.15. The van der Waals surface area contributed by atoms with Gasteiger partial charge in [-0.25, -0.2) is 0 Å². The monoisotopic (exact) mass is 949 g/mol. The maximum Gasteiger partial charge on any atom is 2.00 e. The molecule has 2 rings (SSSR count). The summed E-state index contributed by atoms with van der Waals surface area (Å²) in [4.78, 5) is 20.7. The third kappa shape index (κ3) is 38.2. The van der Waals surface area contributed by atoms with Crippen molar-refractivity contribution in [3.8, 4) is 0 Å². The number of hydrogen-bond donors (Lipinski definition) is 2. The summed E-state index contributed by atoms with van der Waals surface area (Å²) in [7, 11) is 0. The number of aliphatic hydroxyl groups excluding tert-OH is 2. The van der Waals surface area contributed by atoms with Gasteiger partial charge in [-0.3, -0.25) is 0 Å². The predicted molar refractivity (Wildman–Crippen MR) is 238 cm³/mol. The Morgan fingerprint density at radius 3 is 1.00 bits per heavy atom. The van der Waals surface area contributed by atoms with E-state index in [4.69, 9.17) is 9.47 Å². The van der Waals surface area contributed by atoms with Gasteiger partial charge >= 0.3 is 48.9 Å². The number of benzene rings is 2. The van der Waals surface area contributed by atoms with Crippen LogP contribution < -0.4 is 10.2 Å². The Morgan fingerprint density at radius 1 is 0.458 bits per heavy atom. The molecule has 0 aliphatic carbocycles. The SMILES string of the molecule is CCC(CCCCCCCCCCCC(O)CCC(=O)[O-])OCc1ccccc1.CCC(CCCCCCCCCCCC(O)CCC(=O)[O-])OCc1ccccc1.[Ba+2]. The molecule has 0 saturated carbocycles. The van der Waals surface area contributed by atoms with Crippen molar-refractivity contribution >= 4 is 60.8 Å². The van der Waals surface area contributed by atoms with Crippen LogP contribution in [-0.2, 0) is 32.3 Å². The number of carbonyl (C=O) groups is 2. The maximum atomic E-state index is 10.3. The first kappa shape index (κ1) is 57.8. The van der Waals surface area contributed by atoms with Gasteiger partial charge in [0.1, 0.15) is 0 Å². The van der Waals surface area contributed by atoms with Crippen LogP contribution in [0.4, 0.5) is 0 Å². The molecule has 2 aromatic carbocycles. The van der Waals surface area contributed by atoms with Gasteiger partial charge in [0, 0.05) is 11.9 Å². The van der Waals surface area contributed by atoms with Gasteiger partial charge in [0.25, 0.3) is 0 Å². The van der Waals surface area contributed by atoms with Crippen LogP contribution in [0.25, 0.3) is 0 Å². The van der Waals surface area contributed by atoms with E-state index < -0.39 is 24.1 Å². The van der Waals surface area contributed by atoms with E-state index >= 15 is 0 Å². The van der Waals surface area contributed by atoms with Crippen LogP contribution in [0.2, 0.25) is 0 Å². The molecule has 2 aromatic rings. The molecule has 0 radical (unpaired) electrons. The smallest absolute Gasteiger partial charge is 0.550 e. The Balaban J connectivity index is 0.00000112. The van der Waals surface area contributed by atoms with Crippen molar-refractivity contribution in [3.63, 3.8) is 0 Å². The van der Waals surface area contributed by atoms with E-state index in [1.807, 2.05) is 12.1 Å². The summed E-state index contributed by atoms with van der Waals surface area (Å²) in [6, 6.07) is 20.8. The molecule has 332 valence electrons. The number of aliphatic carboxylic acids is 2. The van der Waals surface area contributed by atoms with E-state index in [0.29, 0.717) is 51.1 Å². The molecule has 0 amide bonds. The van der Waals surface area contributed by atoms with E-state index in [1.165, 1.54) is 101 Å². The zero-order valence-electron chi connectivity index (χ0n) is 37.3. The summed E-state index contributed by atoms with van der Waals surface area (Å²) < 4.78 is 12.1. The molecule has 0 saturated heterocycles. The topological polar surface area (TPSA) is 139 Å². The summed E-state index contributed by atoms with van der Waals surface area (Å²) in [6.45, 7) is 5.84. The molecular weight excluding hydrogens is 866 g/mol. The molecule has 0 aliphatic heterocycles. The normalized spacial score (nSPS) is 13.1. The second-order valence-electron chi connectivity index (χ2n) is 16.3. The fraction of sp³-hybridized carbons (Fsp3) is 0.720. The Kier molecular flexibility index (Phi) is 41.2. The fourth-order valence-electron chi connectivity index (χ4n) is 7.22. The molecule has 8 nitrogen and oxygen atoms in total. The molecule has 2 N–H and O–H groups in total. The molecule has 9 heteroatoms. The minimum absolute atomic E-state index is 0. The minimum atomic E-state index is -1.08. The van der Waals surface area contributed by atoms with Crippen molar-refractivity contribution in [2.45, 2.75) is 231 Å². The van der Waals surface area contributed by atoms with Gasteiger partial charge in [-0.1, -0.05) is 190 Å². The Labute approximate surface area is 400 Å². The Morgan fingerprint density at radius 2 is 0.729 bits per heavy atom. The summed E-state index contributed by atoms with van der Waals surface area (Å²) >= 11 is 0. The second-order valence-corrected chi connectivity index (χ2v) is 16.3. The molecule has 0 aromatic heterocycles. The molecule has 4 unspecified atom stereocenters. The fourth-order valence-corrected chi connectivity index (χ4v) is 7.22. The van der Waals surface area contributed by atoms with Gasteiger partial charge in [-0.15, -0.1) is 0 Å². The molecule has 0 heterocycles. The molecule has 59 heavy (non-hydrogen) atoms. The standard InChI is InChI=1S/2C25H42O4.Ba/c2*1-2-24(29-21-22-15-11-10-12-16-22)18-14-9-7-5-3-4-6-8-13-17-23(26)19-20-25(27)28;/h2*10-12,15-16,23-24,26H,2-9,13-14,17-21H2,1H3,(H,27,28);/q;;+2/p-2. The zero-order valence-corrected chi connectivity index (χ0v) is 41.8. The number of ether oxygens (including phenoxy) is 2. The molecule has 4 atom stereocenters. The first-order valence-electron chi connectivity index (χ1n) is 23.3. The van der Waals surface area contributed by atoms with E-state index in [9.17, 15) is 30.0 Å². The number of carbonyl (C=O) groups excluding carboxylic acids is 2. The van der Waals surface area contributed by atoms with Gasteiger partial charge in [0.15, 0.2) is 0 Å². The van der Waals surface area contributed by atoms with Gasteiger partial charge in [0.2, 0.25) is 0 Å². The van der Waals surface area contributed by atoms with Gasteiger partial charge in [0.05, 0.1) is 37.6 Å². The van der Waals surface area contributed by atoms with E-state index in [1.54, 1.807) is 0 Å². The van der Waals surface area contributed by atoms with Crippen LogP contribution in [0.5, 0.6) is 0 Å². The van der Waals surface area contributed by atoms with E-state index in [-0.39, 0.29) is 61.7 Å². The van der Waals surface area contributed by atoms with Crippen molar-refractivity contribution in [2.75, 3.05) is 0 Å². The van der Waals surface area contributed by atoms with E-state index in [2.05, 4.69) is 62.4 Å². The number of aliphatic hydroxyl groups is 2. The molecule has 0 bridgehead atoms. The average Bonchev–Trinajstić information content (AvgIpc) is 3.23. The van der Waals surface area contributed by atoms with Crippen LogP contribution in [0.1, 0.15) is 205 Å². The number of unbranched alkanes of at least 4 members (excludes halogenated alkanes) is 16. The Hall–Kier alpha value is -1.21. The molecule has 0 aliphatic rings. The Bertz CT molecular complexity index is 1110. The quantitative estimate of drug-likeness (QED) is 0.0501. The average molecular weight is 949 g/mol.